The van der Waals surface area contributed by atoms with Crippen LogP contribution in [0.25, 0.3) is 55.5 Å². The van der Waals surface area contributed by atoms with Crippen LogP contribution in [0.5, 0.6) is 0 Å². The number of carbonyl (C=O) groups is 2. The fourth-order valence-corrected chi connectivity index (χ4v) is 10.6. The first-order chi connectivity index (χ1) is 37.0. The number of benzene rings is 2. The van der Waals surface area contributed by atoms with E-state index < -0.39 is 27.7 Å². The number of aromatic nitrogens is 10. The van der Waals surface area contributed by atoms with E-state index in [4.69, 9.17) is 18.9 Å². The molecule has 6 heterocycles. The molecule has 0 saturated carbocycles. The molecule has 0 unspecified atom stereocenters. The van der Waals surface area contributed by atoms with Crippen LogP contribution in [0.4, 0.5) is 0 Å². The summed E-state index contributed by atoms with van der Waals surface area (Å²) < 4.78 is 17.4. The van der Waals surface area contributed by atoms with E-state index in [1.807, 2.05) is 32.4 Å². The zero-order valence-electron chi connectivity index (χ0n) is 51.5. The standard InChI is InChI=1S/C29H43N7O2Si.C17H27BrN4O2Si.C13H19N3/c1-19-11-12-20-23(15-19)36(14-13-35(7)8)34-24(20)22-17-31-26-25(32-22)21(16-30-26)27(37)33-29(5,6)18-38-39(9,10)28(2,3)4;1-16(2,3)25(6,7)24-10-17(4,5)22-15(23)11-8-19-14-13(11)21-12(18)9-20-14;1-10-5-6-12-11(2)14-16(13(12)9-10)8-7-15(3)4/h11-12,15-17H,13-14,18H2,1-10H3,(H,30,31)(H,33,37);8-9H,10H2,1-7H3,(H,19,20)(H,22,23);5-6,9H,7-8H2,1-4H3. The lowest BCUT2D eigenvalue weighted by atomic mass is 10.1. The Labute approximate surface area is 484 Å². The number of nitrogens with zero attached hydrogens (tertiary/aromatic N) is 10. The highest BCUT2D eigenvalue weighted by molar-refractivity contribution is 9.10. The lowest BCUT2D eigenvalue weighted by Crippen LogP contribution is -2.51. The Morgan fingerprint density at radius 2 is 1.05 bits per heavy atom. The van der Waals surface area contributed by atoms with E-state index in [-0.39, 0.29) is 21.9 Å². The molecule has 8 rings (SSSR count). The van der Waals surface area contributed by atoms with E-state index in [0.717, 1.165) is 48.5 Å². The van der Waals surface area contributed by atoms with Crippen molar-refractivity contribution in [3.05, 3.63) is 93.7 Å². The topological polar surface area (TPSA) is 202 Å². The van der Waals surface area contributed by atoms with Gasteiger partial charge in [0, 0.05) is 36.3 Å². The number of aromatic amines is 2. The lowest BCUT2D eigenvalue weighted by molar-refractivity contribution is 0.0867. The van der Waals surface area contributed by atoms with Gasteiger partial charge in [-0.1, -0.05) is 65.8 Å². The first-order valence-electron chi connectivity index (χ1n) is 27.5. The maximum Gasteiger partial charge on any atom is 0.255 e. The van der Waals surface area contributed by atoms with Crippen molar-refractivity contribution in [2.45, 2.75) is 150 Å². The molecule has 0 aliphatic rings. The number of rotatable bonds is 17. The molecule has 0 atom stereocenters. The summed E-state index contributed by atoms with van der Waals surface area (Å²) >= 11 is 3.29. The average molecular weight is 1190 g/mol. The van der Waals surface area contributed by atoms with Crippen molar-refractivity contribution in [3.63, 3.8) is 0 Å². The first kappa shape index (κ1) is 63.5. The van der Waals surface area contributed by atoms with Crippen molar-refractivity contribution in [1.29, 1.82) is 0 Å². The van der Waals surface area contributed by atoms with Crippen LogP contribution in [0.1, 0.15) is 107 Å². The molecule has 0 fully saturated rings. The molecule has 0 radical (unpaired) electrons. The molecular formula is C59H89BrN14O4Si2. The summed E-state index contributed by atoms with van der Waals surface area (Å²) in [5.41, 5.74) is 9.38. The minimum Gasteiger partial charge on any atom is -0.414 e. The molecule has 0 saturated heterocycles. The number of aryl methyl sites for hydroxylation is 3. The van der Waals surface area contributed by atoms with Gasteiger partial charge >= 0.3 is 0 Å². The average Bonchev–Trinajstić information content (AvgIpc) is 4.29. The molecule has 0 aliphatic carbocycles. The van der Waals surface area contributed by atoms with Crippen molar-refractivity contribution in [2.24, 2.45) is 0 Å². The molecule has 434 valence electrons. The Kier molecular flexibility index (Phi) is 19.7. The molecule has 2 amide bonds. The van der Waals surface area contributed by atoms with E-state index in [1.54, 1.807) is 24.8 Å². The third-order valence-electron chi connectivity index (χ3n) is 15.1. The number of carbonyl (C=O) groups excluding carboxylic acids is 2. The minimum absolute atomic E-state index is 0.0955. The Hall–Kier alpha value is -5.69. The number of amides is 2. The molecule has 0 aliphatic heterocycles. The predicted molar refractivity (Wildman–Crippen MR) is 335 cm³/mol. The van der Waals surface area contributed by atoms with Gasteiger partial charge in [0.1, 0.15) is 27.0 Å². The number of halogens is 1. The third kappa shape index (κ3) is 15.9. The summed E-state index contributed by atoms with van der Waals surface area (Å²) in [4.78, 5) is 54.6. The highest BCUT2D eigenvalue weighted by Gasteiger charge is 2.40. The van der Waals surface area contributed by atoms with Gasteiger partial charge in [0.05, 0.1) is 77.6 Å². The summed E-state index contributed by atoms with van der Waals surface area (Å²) in [5.74, 6) is -0.406. The molecule has 8 aromatic rings. The number of fused-ring (bicyclic) bond motifs is 4. The van der Waals surface area contributed by atoms with E-state index in [1.165, 1.54) is 22.0 Å². The number of hydrogen-bond donors (Lipinski definition) is 4. The van der Waals surface area contributed by atoms with E-state index in [0.29, 0.717) is 57.0 Å². The predicted octanol–water partition coefficient (Wildman–Crippen LogP) is 11.8. The number of hydrogen-bond acceptors (Lipinski definition) is 12. The second kappa shape index (κ2) is 24.8. The molecule has 2 aromatic carbocycles. The Morgan fingerprint density at radius 3 is 1.51 bits per heavy atom. The summed E-state index contributed by atoms with van der Waals surface area (Å²) in [6, 6.07) is 12.8. The molecule has 18 nitrogen and oxygen atoms in total. The second-order valence-corrected chi connectivity index (χ2v) is 36.5. The van der Waals surface area contributed by atoms with E-state index in [2.05, 4.69) is 224 Å². The van der Waals surface area contributed by atoms with Crippen LogP contribution in [0.2, 0.25) is 36.3 Å². The second-order valence-electron chi connectivity index (χ2n) is 26.0. The van der Waals surface area contributed by atoms with Gasteiger partial charge in [-0.25, -0.2) is 19.9 Å². The third-order valence-corrected chi connectivity index (χ3v) is 24.4. The Morgan fingerprint density at radius 1 is 0.625 bits per heavy atom. The molecule has 0 bridgehead atoms. The Balaban J connectivity index is 0.000000214. The maximum atomic E-state index is 13.4. The smallest absolute Gasteiger partial charge is 0.255 e. The number of H-pyrrole nitrogens is 2. The fraction of sp³-hybridized carbons (Fsp3) is 0.525. The van der Waals surface area contributed by atoms with Crippen LogP contribution >= 0.6 is 15.9 Å². The van der Waals surface area contributed by atoms with Gasteiger partial charge in [0.15, 0.2) is 27.9 Å². The zero-order chi connectivity index (χ0) is 59.5. The molecule has 21 heteroatoms. The van der Waals surface area contributed by atoms with Gasteiger partial charge in [0.2, 0.25) is 0 Å². The van der Waals surface area contributed by atoms with Gasteiger partial charge in [0.25, 0.3) is 11.8 Å². The Bertz CT molecular complexity index is 3450. The quantitative estimate of drug-likeness (QED) is 0.0630. The molecule has 6 aromatic heterocycles. The summed E-state index contributed by atoms with van der Waals surface area (Å²) in [5, 5.41) is 18.2. The molecule has 0 spiro atoms. The molecular weight excluding hydrogens is 1100 g/mol. The van der Waals surface area contributed by atoms with Gasteiger partial charge < -0.3 is 39.3 Å². The first-order valence-corrected chi connectivity index (χ1v) is 34.1. The SMILES string of the molecule is CC(C)(CO[Si](C)(C)C(C)(C)C)NC(=O)c1c[nH]c2ncc(Br)nc12.Cc1ccc2c(-c3cnc4[nH]cc(C(=O)NC(C)(C)CO[Si](C)(C)C(C)(C)C)c4n3)nn(CCN(C)C)c2c1.Cc1ccc2c(C)nn(CCN(C)C)c2c1. The van der Waals surface area contributed by atoms with Crippen molar-refractivity contribution < 1.29 is 18.4 Å². The fourth-order valence-electron chi connectivity index (χ4n) is 8.05. The normalized spacial score (nSPS) is 12.8. The minimum atomic E-state index is -1.95. The van der Waals surface area contributed by atoms with E-state index >= 15 is 0 Å². The van der Waals surface area contributed by atoms with Crippen molar-refractivity contribution in [1.82, 2.24) is 69.9 Å². The van der Waals surface area contributed by atoms with Crippen LogP contribution in [-0.4, -0.2) is 153 Å². The van der Waals surface area contributed by atoms with Crippen LogP contribution in [0, 0.1) is 20.8 Å². The summed E-state index contributed by atoms with van der Waals surface area (Å²) in [7, 11) is 4.46. The zero-order valence-corrected chi connectivity index (χ0v) is 55.1. The number of nitrogens with one attached hydrogen (secondary N) is 4. The molecule has 4 N–H and O–H groups in total. The van der Waals surface area contributed by atoms with Gasteiger partial charge in [-0.05, 0) is 152 Å². The van der Waals surface area contributed by atoms with E-state index in [9.17, 15) is 9.59 Å². The van der Waals surface area contributed by atoms with Gasteiger partial charge in [-0.3, -0.25) is 19.0 Å². The molecule has 80 heavy (non-hydrogen) atoms. The maximum absolute atomic E-state index is 13.4. The summed E-state index contributed by atoms with van der Waals surface area (Å²) in [6.45, 7) is 40.8. The largest absolute Gasteiger partial charge is 0.414 e. The van der Waals surface area contributed by atoms with Crippen LogP contribution in [-0.2, 0) is 21.9 Å². The van der Waals surface area contributed by atoms with Crippen molar-refractivity contribution in [3.8, 4) is 11.4 Å². The van der Waals surface area contributed by atoms with Crippen LogP contribution < -0.4 is 10.6 Å². The lowest BCUT2D eigenvalue weighted by Gasteiger charge is -2.39. The monoisotopic (exact) mass is 1190 g/mol. The van der Waals surface area contributed by atoms with Gasteiger partial charge in [-0.2, -0.15) is 10.2 Å². The summed E-state index contributed by atoms with van der Waals surface area (Å²) in [6.07, 6.45) is 6.62. The van der Waals surface area contributed by atoms with Crippen LogP contribution in [0.15, 0.2) is 65.8 Å². The van der Waals surface area contributed by atoms with Crippen LogP contribution in [0.3, 0.4) is 0 Å². The number of likely N-dealkylation sites (N-methyl/N-ethyl adjacent to an activating group) is 2. The van der Waals surface area contributed by atoms with Gasteiger partial charge in [-0.15, -0.1) is 0 Å². The van der Waals surface area contributed by atoms with Crippen molar-refractivity contribution >= 4 is 88.5 Å². The highest BCUT2D eigenvalue weighted by Crippen LogP contribution is 2.38. The van der Waals surface area contributed by atoms with Crippen molar-refractivity contribution in [2.75, 3.05) is 54.5 Å². The highest BCUT2D eigenvalue weighted by atomic mass is 79.9.